The summed E-state index contributed by atoms with van der Waals surface area (Å²) in [4.78, 5) is 15.2. The van der Waals surface area contributed by atoms with Crippen molar-refractivity contribution >= 4 is 33.2 Å². The predicted octanol–water partition coefficient (Wildman–Crippen LogP) is 3.02. The average Bonchev–Trinajstić information content (AvgIpc) is 2.83. The molecule has 1 fully saturated rings. The normalized spacial score (nSPS) is 21.8. The fraction of sp³-hybridized carbons (Fsp3) is 0.583. The zero-order chi connectivity index (χ0) is 11.8. The first-order valence-electron chi connectivity index (χ1n) is 5.47. The van der Waals surface area contributed by atoms with E-state index in [1.807, 2.05) is 4.90 Å². The first-order chi connectivity index (χ1) is 7.50. The number of alkyl halides is 1. The van der Waals surface area contributed by atoms with Crippen LogP contribution in [0.3, 0.4) is 0 Å². The van der Waals surface area contributed by atoms with E-state index in [2.05, 4.69) is 47.3 Å². The topological polar surface area (TPSA) is 20.3 Å². The van der Waals surface area contributed by atoms with Crippen molar-refractivity contribution in [2.75, 3.05) is 13.1 Å². The molecule has 1 aliphatic rings. The maximum absolute atomic E-state index is 11.8. The van der Waals surface area contributed by atoms with Gasteiger partial charge < -0.3 is 4.90 Å². The van der Waals surface area contributed by atoms with Crippen molar-refractivity contribution in [1.82, 2.24) is 4.90 Å². The van der Waals surface area contributed by atoms with Crippen LogP contribution in [0.2, 0.25) is 0 Å². The first kappa shape index (κ1) is 12.1. The van der Waals surface area contributed by atoms with Crippen LogP contribution in [0.25, 0.3) is 0 Å². The minimum absolute atomic E-state index is 0.0339. The van der Waals surface area contributed by atoms with Crippen LogP contribution in [0.5, 0.6) is 0 Å². The number of thiophene rings is 1. The van der Waals surface area contributed by atoms with Crippen molar-refractivity contribution < 1.29 is 4.79 Å². The van der Waals surface area contributed by atoms with Crippen LogP contribution in [-0.4, -0.2) is 28.7 Å². The Labute approximate surface area is 109 Å². The van der Waals surface area contributed by atoms with Gasteiger partial charge in [0.05, 0.1) is 4.83 Å². The summed E-state index contributed by atoms with van der Waals surface area (Å²) in [6, 6.07) is 4.22. The molecule has 4 heteroatoms. The lowest BCUT2D eigenvalue weighted by Gasteiger charge is -2.29. The number of hydrogen-bond acceptors (Lipinski definition) is 2. The highest BCUT2D eigenvalue weighted by Crippen LogP contribution is 2.30. The van der Waals surface area contributed by atoms with Gasteiger partial charge in [-0.2, -0.15) is 0 Å². The number of carbonyl (C=O) groups is 1. The lowest BCUT2D eigenvalue weighted by atomic mass is 9.91. The molecule has 0 N–H and O–H groups in total. The highest BCUT2D eigenvalue weighted by molar-refractivity contribution is 9.10. The van der Waals surface area contributed by atoms with Crippen LogP contribution in [0.4, 0.5) is 0 Å². The molecule has 1 amide bonds. The van der Waals surface area contributed by atoms with Gasteiger partial charge in [0, 0.05) is 23.4 Å². The monoisotopic (exact) mass is 301 g/mol. The van der Waals surface area contributed by atoms with Gasteiger partial charge in [-0.15, -0.1) is 11.3 Å². The van der Waals surface area contributed by atoms with E-state index in [4.69, 9.17) is 0 Å². The second kappa shape index (κ2) is 4.49. The van der Waals surface area contributed by atoms with Gasteiger partial charge in [0.25, 0.3) is 0 Å². The molecule has 0 saturated carbocycles. The smallest absolute Gasteiger partial charge is 0.236 e. The summed E-state index contributed by atoms with van der Waals surface area (Å²) in [5.74, 6) is 0.240. The second-order valence-corrected chi connectivity index (χ2v) is 6.93. The minimum Gasteiger partial charge on any atom is -0.341 e. The molecule has 0 radical (unpaired) electrons. The number of hydrogen-bond donors (Lipinski definition) is 0. The lowest BCUT2D eigenvalue weighted by molar-refractivity contribution is -0.127. The van der Waals surface area contributed by atoms with Crippen molar-refractivity contribution in [3.8, 4) is 0 Å². The summed E-state index contributed by atoms with van der Waals surface area (Å²) in [5.41, 5.74) is 0.0564. The Hall–Kier alpha value is -0.350. The first-order valence-corrected chi connectivity index (χ1v) is 7.27. The van der Waals surface area contributed by atoms with Crippen LogP contribution in [0.15, 0.2) is 17.5 Å². The quantitative estimate of drug-likeness (QED) is 0.786. The third-order valence-electron chi connectivity index (χ3n) is 3.01. The Morgan fingerprint density at radius 2 is 2.38 bits per heavy atom. The molecular weight excluding hydrogens is 286 g/mol. The summed E-state index contributed by atoms with van der Waals surface area (Å²) in [7, 11) is 0. The maximum Gasteiger partial charge on any atom is 0.236 e. The number of rotatable bonds is 3. The van der Waals surface area contributed by atoms with Gasteiger partial charge in [-0.25, -0.2) is 0 Å². The van der Waals surface area contributed by atoms with E-state index >= 15 is 0 Å². The zero-order valence-corrected chi connectivity index (χ0v) is 12.0. The Bertz CT molecular complexity index is 374. The fourth-order valence-electron chi connectivity index (χ4n) is 2.08. The average molecular weight is 302 g/mol. The molecule has 2 nitrogen and oxygen atoms in total. The number of carbonyl (C=O) groups excluding carboxylic acids is 1. The van der Waals surface area contributed by atoms with Gasteiger partial charge in [-0.1, -0.05) is 35.8 Å². The number of nitrogens with zero attached hydrogens (tertiary/aromatic N) is 1. The standard InChI is InChI=1S/C12H16BrNOS/c1-12(2,10-4-3-7-16-10)8-14-6-5-9(13)11(14)15/h3-4,7,9H,5-6,8H2,1-2H3. The molecule has 0 aromatic carbocycles. The molecule has 2 rings (SSSR count). The molecule has 1 atom stereocenters. The van der Waals surface area contributed by atoms with Crippen LogP contribution >= 0.6 is 27.3 Å². The Kier molecular flexibility index (Phi) is 3.40. The molecule has 0 bridgehead atoms. The minimum atomic E-state index is 0.0339. The van der Waals surface area contributed by atoms with Crippen molar-refractivity contribution in [2.45, 2.75) is 30.5 Å². The molecule has 16 heavy (non-hydrogen) atoms. The van der Waals surface area contributed by atoms with Crippen molar-refractivity contribution in [2.24, 2.45) is 0 Å². The summed E-state index contributed by atoms with van der Waals surface area (Å²) in [5, 5.41) is 2.09. The molecule has 1 aromatic rings. The Morgan fingerprint density at radius 3 is 2.88 bits per heavy atom. The van der Waals surface area contributed by atoms with Crippen molar-refractivity contribution in [1.29, 1.82) is 0 Å². The molecule has 1 saturated heterocycles. The van der Waals surface area contributed by atoms with E-state index in [0.29, 0.717) is 0 Å². The van der Waals surface area contributed by atoms with Gasteiger partial charge >= 0.3 is 0 Å². The molecule has 2 heterocycles. The van der Waals surface area contributed by atoms with E-state index in [1.165, 1.54) is 4.88 Å². The molecule has 0 spiro atoms. The van der Waals surface area contributed by atoms with E-state index in [1.54, 1.807) is 11.3 Å². The summed E-state index contributed by atoms with van der Waals surface area (Å²) < 4.78 is 0. The SMILES string of the molecule is CC(C)(CN1CCC(Br)C1=O)c1cccs1. The molecule has 1 aromatic heterocycles. The van der Waals surface area contributed by atoms with Crippen molar-refractivity contribution in [3.63, 3.8) is 0 Å². The van der Waals surface area contributed by atoms with Crippen LogP contribution in [-0.2, 0) is 10.2 Å². The van der Waals surface area contributed by atoms with Crippen LogP contribution in [0, 0.1) is 0 Å². The van der Waals surface area contributed by atoms with Gasteiger partial charge in [0.1, 0.15) is 0 Å². The Morgan fingerprint density at radius 1 is 1.62 bits per heavy atom. The summed E-state index contributed by atoms with van der Waals surface area (Å²) >= 11 is 5.18. The van der Waals surface area contributed by atoms with Gasteiger partial charge in [-0.3, -0.25) is 4.79 Å². The van der Waals surface area contributed by atoms with E-state index < -0.39 is 0 Å². The van der Waals surface area contributed by atoms with Gasteiger partial charge in [-0.05, 0) is 17.9 Å². The molecule has 0 aliphatic carbocycles. The van der Waals surface area contributed by atoms with E-state index in [9.17, 15) is 4.79 Å². The van der Waals surface area contributed by atoms with Crippen molar-refractivity contribution in [3.05, 3.63) is 22.4 Å². The predicted molar refractivity (Wildman–Crippen MR) is 71.3 cm³/mol. The molecule has 1 unspecified atom stereocenters. The largest absolute Gasteiger partial charge is 0.341 e. The third kappa shape index (κ3) is 2.33. The Balaban J connectivity index is 2.07. The number of amides is 1. The highest BCUT2D eigenvalue weighted by atomic mass is 79.9. The molecule has 1 aliphatic heterocycles. The van der Waals surface area contributed by atoms with Gasteiger partial charge in [0.2, 0.25) is 5.91 Å². The second-order valence-electron chi connectivity index (χ2n) is 4.88. The van der Waals surface area contributed by atoms with Crippen LogP contribution in [0.1, 0.15) is 25.1 Å². The van der Waals surface area contributed by atoms with E-state index in [-0.39, 0.29) is 16.1 Å². The molecular formula is C12H16BrNOS. The van der Waals surface area contributed by atoms with Gasteiger partial charge in [0.15, 0.2) is 0 Å². The third-order valence-corrected chi connectivity index (χ3v) is 5.09. The van der Waals surface area contributed by atoms with E-state index in [0.717, 1.165) is 19.5 Å². The zero-order valence-electron chi connectivity index (χ0n) is 9.57. The van der Waals surface area contributed by atoms with Crippen LogP contribution < -0.4 is 0 Å². The fourth-order valence-corrected chi connectivity index (χ4v) is 3.42. The summed E-state index contributed by atoms with van der Waals surface area (Å²) in [6.07, 6.45) is 0.930. The lowest BCUT2D eigenvalue weighted by Crippen LogP contribution is -2.38. The highest BCUT2D eigenvalue weighted by Gasteiger charge is 2.34. The maximum atomic E-state index is 11.8. The summed E-state index contributed by atoms with van der Waals surface area (Å²) in [6.45, 7) is 6.10. The number of halogens is 1. The molecule has 88 valence electrons. The number of likely N-dealkylation sites (tertiary alicyclic amines) is 1.